The Morgan fingerprint density at radius 2 is 1.88 bits per heavy atom. The second-order valence-electron chi connectivity index (χ2n) is 6.24. The summed E-state index contributed by atoms with van der Waals surface area (Å²) >= 11 is 5.97. The number of amides is 1. The molecule has 0 spiro atoms. The highest BCUT2D eigenvalue weighted by atomic mass is 35.5. The predicted octanol–water partition coefficient (Wildman–Crippen LogP) is 3.41. The maximum absolute atomic E-state index is 12.6. The number of benzene rings is 2. The van der Waals surface area contributed by atoms with Crippen LogP contribution in [0, 0.1) is 18.3 Å². The van der Waals surface area contributed by atoms with E-state index in [1.807, 2.05) is 42.2 Å². The minimum absolute atomic E-state index is 0.158. The van der Waals surface area contributed by atoms with Gasteiger partial charge in [-0.2, -0.15) is 5.26 Å². The van der Waals surface area contributed by atoms with E-state index < -0.39 is 0 Å². The molecule has 128 valence electrons. The number of nitrogens with zero attached hydrogens (tertiary/aromatic N) is 3. The third-order valence-corrected chi connectivity index (χ3v) is 4.89. The lowest BCUT2D eigenvalue weighted by molar-refractivity contribution is -0.130. The number of nitriles is 1. The van der Waals surface area contributed by atoms with Crippen LogP contribution < -0.4 is 4.90 Å². The topological polar surface area (TPSA) is 47.3 Å². The molecule has 0 unspecified atom stereocenters. The molecule has 0 saturated carbocycles. The van der Waals surface area contributed by atoms with E-state index >= 15 is 0 Å². The summed E-state index contributed by atoms with van der Waals surface area (Å²) in [7, 11) is 0. The first-order valence-electron chi connectivity index (χ1n) is 8.35. The van der Waals surface area contributed by atoms with Gasteiger partial charge in [0.1, 0.15) is 6.07 Å². The summed E-state index contributed by atoms with van der Waals surface area (Å²) in [4.78, 5) is 16.6. The molecule has 5 heteroatoms. The molecule has 2 aromatic carbocycles. The summed E-state index contributed by atoms with van der Waals surface area (Å²) < 4.78 is 0. The van der Waals surface area contributed by atoms with E-state index in [1.54, 1.807) is 12.1 Å². The van der Waals surface area contributed by atoms with Crippen molar-refractivity contribution < 1.29 is 4.79 Å². The highest BCUT2D eigenvalue weighted by molar-refractivity contribution is 6.30. The fourth-order valence-electron chi connectivity index (χ4n) is 3.15. The summed E-state index contributed by atoms with van der Waals surface area (Å²) in [5.74, 6) is 0.158. The second-order valence-corrected chi connectivity index (χ2v) is 6.68. The molecule has 0 aromatic heterocycles. The lowest BCUT2D eigenvalue weighted by Gasteiger charge is -2.36. The zero-order chi connectivity index (χ0) is 17.8. The number of carbonyl (C=O) groups is 1. The van der Waals surface area contributed by atoms with Crippen LogP contribution in [-0.2, 0) is 11.2 Å². The van der Waals surface area contributed by atoms with Crippen LogP contribution in [0.5, 0.6) is 0 Å². The van der Waals surface area contributed by atoms with Crippen molar-refractivity contribution in [1.82, 2.24) is 4.90 Å². The summed E-state index contributed by atoms with van der Waals surface area (Å²) in [5.41, 5.74) is 3.69. The van der Waals surface area contributed by atoms with Crippen LogP contribution in [0.3, 0.4) is 0 Å². The van der Waals surface area contributed by atoms with Crippen LogP contribution in [0.2, 0.25) is 5.02 Å². The number of rotatable bonds is 3. The van der Waals surface area contributed by atoms with E-state index in [0.29, 0.717) is 30.1 Å². The molecule has 1 fully saturated rings. The standard InChI is InChI=1S/C20H20ClN3O/c1-15-4-2-3-5-16(15)13-20(25)24-10-8-23(9-11-24)19-7-6-18(21)12-17(19)14-22/h2-7,12H,8-11,13H2,1H3. The normalized spacial score (nSPS) is 14.3. The number of piperazine rings is 1. The molecule has 25 heavy (non-hydrogen) atoms. The Bertz CT molecular complexity index is 820. The van der Waals surface area contributed by atoms with Crippen LogP contribution in [0.15, 0.2) is 42.5 Å². The van der Waals surface area contributed by atoms with Gasteiger partial charge in [0, 0.05) is 31.2 Å². The molecule has 0 N–H and O–H groups in total. The van der Waals surface area contributed by atoms with Crippen LogP contribution in [0.1, 0.15) is 16.7 Å². The molecule has 0 aliphatic carbocycles. The predicted molar refractivity (Wildman–Crippen MR) is 99.8 cm³/mol. The van der Waals surface area contributed by atoms with E-state index in [0.717, 1.165) is 29.9 Å². The minimum atomic E-state index is 0.158. The summed E-state index contributed by atoms with van der Waals surface area (Å²) in [6, 6.07) is 15.6. The van der Waals surface area contributed by atoms with E-state index in [-0.39, 0.29) is 5.91 Å². The SMILES string of the molecule is Cc1ccccc1CC(=O)N1CCN(c2ccc(Cl)cc2C#N)CC1. The first kappa shape index (κ1) is 17.3. The average molecular weight is 354 g/mol. The molecule has 1 amide bonds. The second kappa shape index (κ2) is 7.58. The molecular weight excluding hydrogens is 334 g/mol. The number of hydrogen-bond donors (Lipinski definition) is 0. The zero-order valence-corrected chi connectivity index (χ0v) is 15.0. The van der Waals surface area contributed by atoms with Gasteiger partial charge in [-0.1, -0.05) is 35.9 Å². The zero-order valence-electron chi connectivity index (χ0n) is 14.2. The van der Waals surface area contributed by atoms with E-state index in [1.165, 1.54) is 0 Å². The van der Waals surface area contributed by atoms with E-state index in [9.17, 15) is 10.1 Å². The van der Waals surface area contributed by atoms with Gasteiger partial charge in [-0.25, -0.2) is 0 Å². The maximum Gasteiger partial charge on any atom is 0.227 e. The third-order valence-electron chi connectivity index (χ3n) is 4.66. The number of aryl methyl sites for hydroxylation is 1. The number of halogens is 1. The summed E-state index contributed by atoms with van der Waals surface area (Å²) in [6.07, 6.45) is 0.442. The highest BCUT2D eigenvalue weighted by Gasteiger charge is 2.23. The quantitative estimate of drug-likeness (QED) is 0.849. The average Bonchev–Trinajstić information content (AvgIpc) is 2.63. The van der Waals surface area contributed by atoms with Crippen molar-refractivity contribution in [3.8, 4) is 6.07 Å². The molecule has 0 radical (unpaired) electrons. The number of carbonyl (C=O) groups excluding carboxylic acids is 1. The van der Waals surface area contributed by atoms with Crippen molar-refractivity contribution in [2.75, 3.05) is 31.1 Å². The lowest BCUT2D eigenvalue weighted by Crippen LogP contribution is -2.49. The first-order chi connectivity index (χ1) is 12.1. The Morgan fingerprint density at radius 1 is 1.16 bits per heavy atom. The Balaban J connectivity index is 1.63. The molecule has 1 heterocycles. The third kappa shape index (κ3) is 3.94. The van der Waals surface area contributed by atoms with Crippen molar-refractivity contribution in [3.63, 3.8) is 0 Å². The molecule has 1 aliphatic heterocycles. The monoisotopic (exact) mass is 353 g/mol. The van der Waals surface area contributed by atoms with Gasteiger partial charge in [-0.3, -0.25) is 4.79 Å². The number of hydrogen-bond acceptors (Lipinski definition) is 3. The van der Waals surface area contributed by atoms with Gasteiger partial charge in [0.25, 0.3) is 0 Å². The lowest BCUT2D eigenvalue weighted by atomic mass is 10.0. The van der Waals surface area contributed by atoms with Gasteiger partial charge in [-0.15, -0.1) is 0 Å². The molecule has 0 bridgehead atoms. The largest absolute Gasteiger partial charge is 0.367 e. The van der Waals surface area contributed by atoms with Crippen molar-refractivity contribution in [3.05, 3.63) is 64.2 Å². The van der Waals surface area contributed by atoms with Crippen LogP contribution in [-0.4, -0.2) is 37.0 Å². The number of anilines is 1. The molecule has 4 nitrogen and oxygen atoms in total. The van der Waals surface area contributed by atoms with Gasteiger partial charge in [0.2, 0.25) is 5.91 Å². The minimum Gasteiger partial charge on any atom is -0.367 e. The van der Waals surface area contributed by atoms with Crippen molar-refractivity contribution >= 4 is 23.2 Å². The van der Waals surface area contributed by atoms with Crippen molar-refractivity contribution in [1.29, 1.82) is 5.26 Å². The van der Waals surface area contributed by atoms with Crippen molar-refractivity contribution in [2.45, 2.75) is 13.3 Å². The molecule has 3 rings (SSSR count). The van der Waals surface area contributed by atoms with Crippen LogP contribution in [0.4, 0.5) is 5.69 Å². The summed E-state index contributed by atoms with van der Waals surface area (Å²) in [6.45, 7) is 4.80. The molecular formula is C20H20ClN3O. The molecule has 1 saturated heterocycles. The van der Waals surface area contributed by atoms with E-state index in [2.05, 4.69) is 11.0 Å². The molecule has 1 aliphatic rings. The summed E-state index contributed by atoms with van der Waals surface area (Å²) in [5, 5.41) is 9.87. The Morgan fingerprint density at radius 3 is 2.56 bits per heavy atom. The van der Waals surface area contributed by atoms with Crippen LogP contribution >= 0.6 is 11.6 Å². The van der Waals surface area contributed by atoms with Gasteiger partial charge < -0.3 is 9.80 Å². The smallest absolute Gasteiger partial charge is 0.227 e. The first-order valence-corrected chi connectivity index (χ1v) is 8.73. The van der Waals surface area contributed by atoms with Gasteiger partial charge >= 0.3 is 0 Å². The maximum atomic E-state index is 12.6. The van der Waals surface area contributed by atoms with E-state index in [4.69, 9.17) is 11.6 Å². The Kier molecular flexibility index (Phi) is 5.25. The molecule has 0 atom stereocenters. The Hall–Kier alpha value is -2.51. The van der Waals surface area contributed by atoms with Gasteiger partial charge in [0.15, 0.2) is 0 Å². The highest BCUT2D eigenvalue weighted by Crippen LogP contribution is 2.25. The van der Waals surface area contributed by atoms with Crippen LogP contribution in [0.25, 0.3) is 0 Å². The fourth-order valence-corrected chi connectivity index (χ4v) is 3.33. The van der Waals surface area contributed by atoms with Crippen molar-refractivity contribution in [2.24, 2.45) is 0 Å². The molecule has 2 aromatic rings. The fraction of sp³-hybridized carbons (Fsp3) is 0.300. The van der Waals surface area contributed by atoms with Gasteiger partial charge in [-0.05, 0) is 36.2 Å². The van der Waals surface area contributed by atoms with Gasteiger partial charge in [0.05, 0.1) is 17.7 Å². The Labute approximate surface area is 153 Å².